The van der Waals surface area contributed by atoms with Crippen LogP contribution < -0.4 is 5.73 Å². The van der Waals surface area contributed by atoms with Gasteiger partial charge in [-0.05, 0) is 6.05 Å². The molecule has 1 aromatic heterocycles. The highest BCUT2D eigenvalue weighted by molar-refractivity contribution is 5.66. The number of nitriles is 3. The van der Waals surface area contributed by atoms with Crippen LogP contribution in [0.15, 0.2) is 22.6 Å². The van der Waals surface area contributed by atoms with Gasteiger partial charge in [0, 0.05) is 12.8 Å². The standard InChI is InChI=1S/C13H8N4O/c14-5-8(6-15)9-3-1-2-4-11-12(9)10(7-16)13(17)18-11/h1-4,8-9H,17H2/i1D,4D,9D. The van der Waals surface area contributed by atoms with Crippen molar-refractivity contribution >= 4 is 11.9 Å². The summed E-state index contributed by atoms with van der Waals surface area (Å²) < 4.78 is 29.1. The molecule has 0 amide bonds. The van der Waals surface area contributed by atoms with Crippen molar-refractivity contribution in [2.75, 3.05) is 5.73 Å². The molecular formula is C13H8N4O. The number of nitrogens with zero attached hydrogens (tertiary/aromatic N) is 3. The molecule has 2 rings (SSSR count). The van der Waals surface area contributed by atoms with Gasteiger partial charge in [-0.2, -0.15) is 15.8 Å². The van der Waals surface area contributed by atoms with Crippen LogP contribution in [0.1, 0.15) is 26.9 Å². The molecule has 0 bridgehead atoms. The summed E-state index contributed by atoms with van der Waals surface area (Å²) >= 11 is 0. The van der Waals surface area contributed by atoms with Gasteiger partial charge in [0.2, 0.25) is 5.88 Å². The van der Waals surface area contributed by atoms with E-state index in [2.05, 4.69) is 0 Å². The monoisotopic (exact) mass is 239 g/mol. The molecule has 18 heavy (non-hydrogen) atoms. The van der Waals surface area contributed by atoms with Gasteiger partial charge in [0.05, 0.1) is 14.9 Å². The number of hydrogen-bond acceptors (Lipinski definition) is 5. The summed E-state index contributed by atoms with van der Waals surface area (Å²) in [4.78, 5) is 0. The molecule has 0 spiro atoms. The molecule has 2 N–H and O–H groups in total. The molecule has 5 nitrogen and oxygen atoms in total. The third-order valence-electron chi connectivity index (χ3n) is 2.43. The van der Waals surface area contributed by atoms with Gasteiger partial charge in [-0.3, -0.25) is 0 Å². The number of nitrogens with two attached hydrogens (primary N) is 1. The first-order valence-corrected chi connectivity index (χ1v) is 4.89. The summed E-state index contributed by atoms with van der Waals surface area (Å²) in [6, 6.07) is 4.64. The number of allylic oxidation sites excluding steroid dienone is 3. The Morgan fingerprint density at radius 1 is 1.44 bits per heavy atom. The fourth-order valence-electron chi connectivity index (χ4n) is 1.64. The van der Waals surface area contributed by atoms with Gasteiger partial charge >= 0.3 is 0 Å². The smallest absolute Gasteiger partial charge is 0.209 e. The van der Waals surface area contributed by atoms with E-state index in [1.54, 1.807) is 18.2 Å². The summed E-state index contributed by atoms with van der Waals surface area (Å²) in [5.74, 6) is -3.96. The molecule has 0 saturated carbocycles. The molecule has 0 fully saturated rings. The van der Waals surface area contributed by atoms with E-state index in [4.69, 9.17) is 24.8 Å². The predicted molar refractivity (Wildman–Crippen MR) is 63.5 cm³/mol. The molecule has 86 valence electrons. The average Bonchev–Trinajstić information content (AvgIpc) is 2.72. The molecule has 5 heteroatoms. The topological polar surface area (TPSA) is 111 Å². The lowest BCUT2D eigenvalue weighted by molar-refractivity contribution is 0.567. The Morgan fingerprint density at radius 2 is 2.17 bits per heavy atom. The fraction of sp³-hybridized carbons (Fsp3) is 0.154. The Bertz CT molecular complexity index is 789. The number of anilines is 1. The SMILES string of the molecule is [2H]C1=CC([2H])(C(C#N)C#N)c2c(oc(N)c2C#N)C([2H])=C1. The first kappa shape index (κ1) is 8.17. The zero-order chi connectivity index (χ0) is 15.8. The second kappa shape index (κ2) is 4.49. The lowest BCUT2D eigenvalue weighted by atomic mass is 9.86. The quantitative estimate of drug-likeness (QED) is 0.806. The highest BCUT2D eigenvalue weighted by atomic mass is 16.4. The largest absolute Gasteiger partial charge is 0.440 e. The number of hydrogen-bond donors (Lipinski definition) is 1. The van der Waals surface area contributed by atoms with Crippen LogP contribution in [0.2, 0.25) is 0 Å². The molecule has 1 heterocycles. The van der Waals surface area contributed by atoms with Gasteiger partial charge in [-0.25, -0.2) is 0 Å². The Kier molecular flexibility index (Phi) is 2.04. The van der Waals surface area contributed by atoms with Crippen LogP contribution in [0.5, 0.6) is 0 Å². The lowest BCUT2D eigenvalue weighted by Gasteiger charge is -2.11. The minimum atomic E-state index is -2.01. The minimum absolute atomic E-state index is 0.126. The maximum atomic E-state index is 9.18. The molecule has 0 saturated heterocycles. The molecular weight excluding hydrogens is 228 g/mol. The first-order valence-electron chi connectivity index (χ1n) is 6.39. The maximum absolute atomic E-state index is 9.18. The zero-order valence-corrected chi connectivity index (χ0v) is 9.06. The van der Waals surface area contributed by atoms with E-state index in [1.807, 2.05) is 0 Å². The van der Waals surface area contributed by atoms with Gasteiger partial charge in [-0.15, -0.1) is 0 Å². The Balaban J connectivity index is 2.92. The fourth-order valence-corrected chi connectivity index (χ4v) is 1.64. The van der Waals surface area contributed by atoms with E-state index >= 15 is 0 Å². The summed E-state index contributed by atoms with van der Waals surface area (Å²) in [5.41, 5.74) is 5.25. The van der Waals surface area contributed by atoms with Gasteiger partial charge in [0.25, 0.3) is 0 Å². The van der Waals surface area contributed by atoms with Crippen LogP contribution in [0, 0.1) is 39.9 Å². The first-order chi connectivity index (χ1) is 9.88. The molecule has 1 unspecified atom stereocenters. The number of rotatable bonds is 1. The highest BCUT2D eigenvalue weighted by Crippen LogP contribution is 2.37. The van der Waals surface area contributed by atoms with Crippen molar-refractivity contribution < 1.29 is 8.53 Å². The van der Waals surface area contributed by atoms with Crippen LogP contribution in [-0.4, -0.2) is 0 Å². The van der Waals surface area contributed by atoms with E-state index in [-0.39, 0.29) is 34.9 Å². The Labute approximate surface area is 108 Å². The van der Waals surface area contributed by atoms with E-state index in [1.165, 1.54) is 0 Å². The van der Waals surface area contributed by atoms with Gasteiger partial charge < -0.3 is 10.2 Å². The van der Waals surface area contributed by atoms with Gasteiger partial charge in [-0.1, -0.05) is 18.2 Å². The number of fused-ring (bicyclic) bond motifs is 1. The second-order valence-corrected chi connectivity index (χ2v) is 3.40. The normalized spacial score (nSPS) is 24.0. The van der Waals surface area contributed by atoms with E-state index < -0.39 is 11.8 Å². The van der Waals surface area contributed by atoms with Crippen LogP contribution in [0.3, 0.4) is 0 Å². The van der Waals surface area contributed by atoms with E-state index in [0.29, 0.717) is 0 Å². The molecule has 1 aromatic rings. The van der Waals surface area contributed by atoms with Crippen molar-refractivity contribution in [1.29, 1.82) is 15.8 Å². The molecule has 0 radical (unpaired) electrons. The van der Waals surface area contributed by atoms with Crippen LogP contribution in [-0.2, 0) is 0 Å². The van der Waals surface area contributed by atoms with Crippen LogP contribution in [0.25, 0.3) is 6.05 Å². The third-order valence-corrected chi connectivity index (χ3v) is 2.43. The second-order valence-electron chi connectivity index (χ2n) is 3.40. The maximum Gasteiger partial charge on any atom is 0.209 e. The Hall–Kier alpha value is -2.97. The molecule has 1 atom stereocenters. The predicted octanol–water partition coefficient (Wildman–Crippen LogP) is 2.06. The van der Waals surface area contributed by atoms with Crippen molar-refractivity contribution in [3.63, 3.8) is 0 Å². The Morgan fingerprint density at radius 3 is 2.78 bits per heavy atom. The van der Waals surface area contributed by atoms with Crippen molar-refractivity contribution in [1.82, 2.24) is 0 Å². The third kappa shape index (κ3) is 1.63. The van der Waals surface area contributed by atoms with Crippen molar-refractivity contribution in [3.8, 4) is 18.2 Å². The van der Waals surface area contributed by atoms with Crippen molar-refractivity contribution in [2.45, 2.75) is 5.89 Å². The van der Waals surface area contributed by atoms with Crippen molar-refractivity contribution in [2.24, 2.45) is 5.92 Å². The highest BCUT2D eigenvalue weighted by Gasteiger charge is 2.30. The van der Waals surface area contributed by atoms with E-state index in [9.17, 15) is 5.26 Å². The number of nitrogen functional groups attached to an aromatic ring is 1. The van der Waals surface area contributed by atoms with Gasteiger partial charge in [0.1, 0.15) is 23.3 Å². The summed E-state index contributed by atoms with van der Waals surface area (Å²) in [6.07, 6.45) is 2.14. The molecule has 0 aliphatic heterocycles. The number of furan rings is 1. The lowest BCUT2D eigenvalue weighted by Crippen LogP contribution is -2.08. The zero-order valence-electron chi connectivity index (χ0n) is 12.1. The van der Waals surface area contributed by atoms with Crippen LogP contribution >= 0.6 is 0 Å². The van der Waals surface area contributed by atoms with Crippen molar-refractivity contribution in [3.05, 3.63) is 35.1 Å². The summed E-state index contributed by atoms with van der Waals surface area (Å²) in [5, 5.41) is 27.4. The van der Waals surface area contributed by atoms with Gasteiger partial charge in [0.15, 0.2) is 0 Å². The molecule has 1 aliphatic rings. The minimum Gasteiger partial charge on any atom is -0.440 e. The summed E-state index contributed by atoms with van der Waals surface area (Å²) in [7, 11) is 0. The average molecular weight is 239 g/mol. The molecule has 1 aliphatic carbocycles. The van der Waals surface area contributed by atoms with E-state index in [0.717, 1.165) is 12.2 Å². The molecule has 0 aromatic carbocycles. The summed E-state index contributed by atoms with van der Waals surface area (Å²) in [6.45, 7) is 0. The van der Waals surface area contributed by atoms with Crippen LogP contribution in [0.4, 0.5) is 5.88 Å².